The molecule has 0 saturated heterocycles. The van der Waals surface area contributed by atoms with Crippen LogP contribution in [0.15, 0.2) is 85.1 Å². The summed E-state index contributed by atoms with van der Waals surface area (Å²) in [6.07, 6.45) is 2.11. The topological polar surface area (TPSA) is 51.5 Å². The number of carboxylic acid groups (broad SMARTS) is 1. The number of ether oxygens (including phenoxy) is 1. The van der Waals surface area contributed by atoms with Gasteiger partial charge >= 0.3 is 5.97 Å². The first-order valence-corrected chi connectivity index (χ1v) is 10.6. The summed E-state index contributed by atoms with van der Waals surface area (Å²) < 4.78 is 8.29. The molecule has 32 heavy (non-hydrogen) atoms. The minimum Gasteiger partial charge on any atom is -0.489 e. The lowest BCUT2D eigenvalue weighted by Gasteiger charge is -2.12. The molecular formula is C28H25NO3. The average molecular weight is 424 g/mol. The molecule has 160 valence electrons. The predicted octanol–water partition coefficient (Wildman–Crippen LogP) is 5.85. The SMILES string of the molecule is CC#C[C@@H](CC(=O)O)c1ccc(OCc2cccc3c2ccn3Cc2ccccc2)cc1. The molecule has 0 aliphatic carbocycles. The van der Waals surface area contributed by atoms with Gasteiger partial charge in [-0.1, -0.05) is 60.5 Å². The van der Waals surface area contributed by atoms with Gasteiger partial charge in [-0.05, 0) is 47.9 Å². The minimum atomic E-state index is -0.856. The number of hydrogen-bond donors (Lipinski definition) is 1. The first-order valence-electron chi connectivity index (χ1n) is 10.6. The molecule has 4 heteroatoms. The van der Waals surface area contributed by atoms with Crippen molar-refractivity contribution in [3.05, 3.63) is 102 Å². The van der Waals surface area contributed by atoms with E-state index in [0.29, 0.717) is 6.61 Å². The fourth-order valence-electron chi connectivity index (χ4n) is 3.89. The number of fused-ring (bicyclic) bond motifs is 1. The molecule has 0 bridgehead atoms. The minimum absolute atomic E-state index is 0.0109. The molecule has 0 fully saturated rings. The summed E-state index contributed by atoms with van der Waals surface area (Å²) in [6, 6.07) is 26.4. The zero-order chi connectivity index (χ0) is 22.3. The molecule has 0 amide bonds. The van der Waals surface area contributed by atoms with Crippen LogP contribution in [0.2, 0.25) is 0 Å². The van der Waals surface area contributed by atoms with E-state index in [-0.39, 0.29) is 12.3 Å². The lowest BCUT2D eigenvalue weighted by atomic mass is 9.96. The van der Waals surface area contributed by atoms with Crippen LogP contribution in [0.4, 0.5) is 0 Å². The van der Waals surface area contributed by atoms with Crippen LogP contribution in [0.5, 0.6) is 5.75 Å². The second-order valence-corrected chi connectivity index (χ2v) is 7.68. The van der Waals surface area contributed by atoms with E-state index in [1.54, 1.807) is 6.92 Å². The van der Waals surface area contributed by atoms with Crippen LogP contribution < -0.4 is 4.74 Å². The Bertz CT molecular complexity index is 1260. The van der Waals surface area contributed by atoms with Crippen molar-refractivity contribution in [3.63, 3.8) is 0 Å². The van der Waals surface area contributed by atoms with E-state index in [1.165, 1.54) is 16.5 Å². The zero-order valence-corrected chi connectivity index (χ0v) is 18.0. The van der Waals surface area contributed by atoms with Crippen molar-refractivity contribution >= 4 is 16.9 Å². The maximum atomic E-state index is 11.1. The Morgan fingerprint density at radius 1 is 1.00 bits per heavy atom. The monoisotopic (exact) mass is 423 g/mol. The number of carboxylic acids is 1. The van der Waals surface area contributed by atoms with Crippen LogP contribution >= 0.6 is 0 Å². The Labute approximate surface area is 188 Å². The van der Waals surface area contributed by atoms with Crippen molar-refractivity contribution in [1.82, 2.24) is 4.57 Å². The second-order valence-electron chi connectivity index (χ2n) is 7.68. The lowest BCUT2D eigenvalue weighted by molar-refractivity contribution is -0.137. The number of aromatic nitrogens is 1. The molecule has 1 N–H and O–H groups in total. The third kappa shape index (κ3) is 5.01. The van der Waals surface area contributed by atoms with E-state index in [2.05, 4.69) is 71.1 Å². The molecular weight excluding hydrogens is 398 g/mol. The molecule has 4 aromatic rings. The first kappa shape index (κ1) is 21.3. The summed E-state index contributed by atoms with van der Waals surface area (Å²) in [4.78, 5) is 11.1. The standard InChI is InChI=1S/C28H25NO3/c1-2-7-23(18-28(30)31)22-12-14-25(15-13-22)32-20-24-10-6-11-27-26(24)16-17-29(27)19-21-8-4-3-5-9-21/h3-6,8-17,23H,18-20H2,1H3,(H,30,31)/t23-/m0/s1. The summed E-state index contributed by atoms with van der Waals surface area (Å²) in [5, 5.41) is 10.3. The van der Waals surface area contributed by atoms with Crippen molar-refractivity contribution in [2.45, 2.75) is 32.4 Å². The van der Waals surface area contributed by atoms with Crippen molar-refractivity contribution in [2.24, 2.45) is 0 Å². The van der Waals surface area contributed by atoms with E-state index >= 15 is 0 Å². The summed E-state index contributed by atoms with van der Waals surface area (Å²) >= 11 is 0. The van der Waals surface area contributed by atoms with E-state index < -0.39 is 5.97 Å². The molecule has 0 spiro atoms. The van der Waals surface area contributed by atoms with Gasteiger partial charge in [-0.25, -0.2) is 0 Å². The fraction of sp³-hybridized carbons (Fsp3) is 0.179. The maximum absolute atomic E-state index is 11.1. The Morgan fingerprint density at radius 2 is 1.78 bits per heavy atom. The summed E-state index contributed by atoms with van der Waals surface area (Å²) in [5.74, 6) is 5.37. The van der Waals surface area contributed by atoms with Crippen LogP contribution in [-0.2, 0) is 17.9 Å². The lowest BCUT2D eigenvalue weighted by Crippen LogP contribution is -2.04. The third-order valence-corrected chi connectivity index (χ3v) is 5.47. The van der Waals surface area contributed by atoms with Crippen LogP contribution in [0.1, 0.15) is 36.0 Å². The van der Waals surface area contributed by atoms with Gasteiger partial charge < -0.3 is 14.4 Å². The molecule has 0 aliphatic heterocycles. The van der Waals surface area contributed by atoms with E-state index in [0.717, 1.165) is 23.4 Å². The van der Waals surface area contributed by atoms with E-state index in [1.807, 2.05) is 30.3 Å². The van der Waals surface area contributed by atoms with Gasteiger partial charge in [0, 0.05) is 23.6 Å². The molecule has 1 atom stereocenters. The van der Waals surface area contributed by atoms with Gasteiger partial charge in [0.1, 0.15) is 12.4 Å². The van der Waals surface area contributed by atoms with Crippen LogP contribution in [-0.4, -0.2) is 15.6 Å². The molecule has 1 aromatic heterocycles. The van der Waals surface area contributed by atoms with Crippen LogP contribution in [0.3, 0.4) is 0 Å². The third-order valence-electron chi connectivity index (χ3n) is 5.47. The molecule has 3 aromatic carbocycles. The smallest absolute Gasteiger partial charge is 0.304 e. The summed E-state index contributed by atoms with van der Waals surface area (Å²) in [7, 11) is 0. The number of nitrogens with zero attached hydrogens (tertiary/aromatic N) is 1. The van der Waals surface area contributed by atoms with Crippen LogP contribution in [0.25, 0.3) is 10.9 Å². The van der Waals surface area contributed by atoms with Crippen LogP contribution in [0, 0.1) is 11.8 Å². The highest BCUT2D eigenvalue weighted by atomic mass is 16.5. The normalized spacial score (nSPS) is 11.5. The highest BCUT2D eigenvalue weighted by molar-refractivity contribution is 5.83. The van der Waals surface area contributed by atoms with Gasteiger partial charge in [-0.3, -0.25) is 4.79 Å². The van der Waals surface area contributed by atoms with E-state index in [4.69, 9.17) is 9.84 Å². The summed E-state index contributed by atoms with van der Waals surface area (Å²) in [6.45, 7) is 3.01. The van der Waals surface area contributed by atoms with Crippen molar-refractivity contribution in [2.75, 3.05) is 0 Å². The molecule has 1 heterocycles. The Kier molecular flexibility index (Phi) is 6.57. The van der Waals surface area contributed by atoms with Gasteiger partial charge in [0.2, 0.25) is 0 Å². The van der Waals surface area contributed by atoms with Gasteiger partial charge in [0.05, 0.1) is 12.3 Å². The second kappa shape index (κ2) is 9.89. The number of hydrogen-bond acceptors (Lipinski definition) is 2. The number of benzene rings is 3. The molecule has 4 nitrogen and oxygen atoms in total. The Balaban J connectivity index is 1.47. The predicted molar refractivity (Wildman–Crippen MR) is 127 cm³/mol. The summed E-state index contributed by atoms with van der Waals surface area (Å²) in [5.41, 5.74) is 4.45. The quantitative estimate of drug-likeness (QED) is 0.362. The maximum Gasteiger partial charge on any atom is 0.304 e. The average Bonchev–Trinajstić information content (AvgIpc) is 3.21. The van der Waals surface area contributed by atoms with Gasteiger partial charge in [-0.15, -0.1) is 5.92 Å². The van der Waals surface area contributed by atoms with Gasteiger partial charge in [0.15, 0.2) is 0 Å². The number of carbonyl (C=O) groups is 1. The van der Waals surface area contributed by atoms with Gasteiger partial charge in [0.25, 0.3) is 0 Å². The zero-order valence-electron chi connectivity index (χ0n) is 18.0. The molecule has 0 aliphatic rings. The number of aliphatic carboxylic acids is 1. The molecule has 0 radical (unpaired) electrons. The molecule has 4 rings (SSSR count). The first-order chi connectivity index (χ1) is 15.6. The number of rotatable bonds is 8. The molecule has 0 saturated carbocycles. The van der Waals surface area contributed by atoms with Crippen molar-refractivity contribution in [3.8, 4) is 17.6 Å². The Hall–Kier alpha value is -3.97. The van der Waals surface area contributed by atoms with Gasteiger partial charge in [-0.2, -0.15) is 0 Å². The Morgan fingerprint density at radius 3 is 2.50 bits per heavy atom. The fourth-order valence-corrected chi connectivity index (χ4v) is 3.89. The molecule has 0 unspecified atom stereocenters. The van der Waals surface area contributed by atoms with E-state index in [9.17, 15) is 4.79 Å². The van der Waals surface area contributed by atoms with Crippen molar-refractivity contribution in [1.29, 1.82) is 0 Å². The highest BCUT2D eigenvalue weighted by Gasteiger charge is 2.13. The largest absolute Gasteiger partial charge is 0.489 e. The van der Waals surface area contributed by atoms with Crippen molar-refractivity contribution < 1.29 is 14.6 Å². The highest BCUT2D eigenvalue weighted by Crippen LogP contribution is 2.25.